The lowest BCUT2D eigenvalue weighted by atomic mass is 9.95. The van der Waals surface area contributed by atoms with Gasteiger partial charge in [0, 0.05) is 32.3 Å². The van der Waals surface area contributed by atoms with Crippen LogP contribution in [-0.4, -0.2) is 21.1 Å². The van der Waals surface area contributed by atoms with Crippen LogP contribution in [-0.2, 0) is 11.3 Å². The van der Waals surface area contributed by atoms with Crippen LogP contribution in [0.3, 0.4) is 0 Å². The molecule has 1 amide bonds. The van der Waals surface area contributed by atoms with E-state index in [9.17, 15) is 4.79 Å². The molecule has 0 aliphatic rings. The maximum absolute atomic E-state index is 12.4. The van der Waals surface area contributed by atoms with Crippen LogP contribution in [0.15, 0.2) is 59.3 Å². The second kappa shape index (κ2) is 7.50. The molecular formula is C18H18N4O2. The highest BCUT2D eigenvalue weighted by molar-refractivity contribution is 5.77. The van der Waals surface area contributed by atoms with E-state index in [2.05, 4.69) is 20.5 Å². The molecule has 0 aliphatic heterocycles. The molecule has 0 radical (unpaired) electrons. The highest BCUT2D eigenvalue weighted by Crippen LogP contribution is 2.26. The van der Waals surface area contributed by atoms with Gasteiger partial charge in [-0.25, -0.2) is 0 Å². The van der Waals surface area contributed by atoms with Gasteiger partial charge in [-0.1, -0.05) is 30.3 Å². The highest BCUT2D eigenvalue weighted by Gasteiger charge is 2.23. The lowest BCUT2D eigenvalue weighted by Gasteiger charge is -2.13. The number of nitrogens with one attached hydrogen (secondary N) is 1. The number of rotatable bonds is 6. The average Bonchev–Trinajstić information content (AvgIpc) is 3.05. The van der Waals surface area contributed by atoms with Gasteiger partial charge in [0.15, 0.2) is 0 Å². The van der Waals surface area contributed by atoms with Crippen molar-refractivity contribution in [1.29, 1.82) is 0 Å². The molecule has 1 atom stereocenters. The average molecular weight is 322 g/mol. The molecule has 1 N–H and O–H groups in total. The van der Waals surface area contributed by atoms with Crippen LogP contribution in [0, 0.1) is 6.92 Å². The number of benzene rings is 1. The molecule has 1 aromatic carbocycles. The van der Waals surface area contributed by atoms with Gasteiger partial charge in [0.05, 0.1) is 5.92 Å². The third-order valence-electron chi connectivity index (χ3n) is 3.67. The maximum Gasteiger partial charge on any atom is 0.224 e. The fraction of sp³-hybridized carbons (Fsp3) is 0.222. The van der Waals surface area contributed by atoms with Gasteiger partial charge in [0.25, 0.3) is 0 Å². The van der Waals surface area contributed by atoms with E-state index in [4.69, 9.17) is 4.42 Å². The fourth-order valence-electron chi connectivity index (χ4n) is 2.44. The summed E-state index contributed by atoms with van der Waals surface area (Å²) < 4.78 is 5.55. The number of aryl methyl sites for hydroxylation is 1. The second-order valence-electron chi connectivity index (χ2n) is 5.46. The molecule has 0 saturated heterocycles. The number of carbonyl (C=O) groups is 1. The van der Waals surface area contributed by atoms with E-state index in [1.165, 1.54) is 0 Å². The van der Waals surface area contributed by atoms with Crippen molar-refractivity contribution in [2.24, 2.45) is 0 Å². The first kappa shape index (κ1) is 15.9. The monoisotopic (exact) mass is 322 g/mol. The molecule has 3 rings (SSSR count). The Bertz CT molecular complexity index is 787. The molecule has 24 heavy (non-hydrogen) atoms. The van der Waals surface area contributed by atoms with E-state index in [-0.39, 0.29) is 18.2 Å². The SMILES string of the molecule is Cc1nnc(C(CC(=O)NCc2ccncc2)c2ccccc2)o1. The maximum atomic E-state index is 12.4. The number of aromatic nitrogens is 3. The molecule has 0 aliphatic carbocycles. The van der Waals surface area contributed by atoms with Crippen LogP contribution in [0.4, 0.5) is 0 Å². The van der Waals surface area contributed by atoms with Gasteiger partial charge >= 0.3 is 0 Å². The Hall–Kier alpha value is -3.02. The lowest BCUT2D eigenvalue weighted by Crippen LogP contribution is -2.25. The molecule has 3 aromatic rings. The molecule has 2 heterocycles. The third kappa shape index (κ3) is 4.04. The first-order valence-corrected chi connectivity index (χ1v) is 7.73. The summed E-state index contributed by atoms with van der Waals surface area (Å²) in [7, 11) is 0. The first-order valence-electron chi connectivity index (χ1n) is 7.73. The number of amides is 1. The van der Waals surface area contributed by atoms with E-state index in [0.717, 1.165) is 11.1 Å². The van der Waals surface area contributed by atoms with Crippen molar-refractivity contribution >= 4 is 5.91 Å². The number of nitrogens with zero attached hydrogens (tertiary/aromatic N) is 3. The minimum atomic E-state index is -0.259. The van der Waals surface area contributed by atoms with E-state index in [0.29, 0.717) is 18.3 Å². The van der Waals surface area contributed by atoms with Crippen molar-refractivity contribution in [1.82, 2.24) is 20.5 Å². The molecule has 1 unspecified atom stereocenters. The molecule has 6 heteroatoms. The Balaban J connectivity index is 1.71. The minimum absolute atomic E-state index is 0.0727. The Morgan fingerprint density at radius 1 is 1.12 bits per heavy atom. The van der Waals surface area contributed by atoms with Gasteiger partial charge in [0.1, 0.15) is 0 Å². The van der Waals surface area contributed by atoms with Crippen molar-refractivity contribution in [2.75, 3.05) is 0 Å². The summed E-state index contributed by atoms with van der Waals surface area (Å²) in [6.07, 6.45) is 3.65. The van der Waals surface area contributed by atoms with Crippen molar-refractivity contribution < 1.29 is 9.21 Å². The van der Waals surface area contributed by atoms with Crippen LogP contribution in [0.1, 0.15) is 35.2 Å². The standard InChI is InChI=1S/C18H18N4O2/c1-13-21-22-18(24-13)16(15-5-3-2-4-6-15)11-17(23)20-12-14-7-9-19-10-8-14/h2-10,16H,11-12H2,1H3,(H,20,23). The number of carbonyl (C=O) groups excluding carboxylic acids is 1. The van der Waals surface area contributed by atoms with Crippen LogP contribution in [0.5, 0.6) is 0 Å². The Morgan fingerprint density at radius 3 is 2.54 bits per heavy atom. The van der Waals surface area contributed by atoms with E-state index >= 15 is 0 Å². The van der Waals surface area contributed by atoms with Crippen LogP contribution in [0.25, 0.3) is 0 Å². The Labute approximate surface area is 140 Å². The zero-order valence-electron chi connectivity index (χ0n) is 13.3. The van der Waals surface area contributed by atoms with E-state index in [1.807, 2.05) is 42.5 Å². The van der Waals surface area contributed by atoms with Crippen molar-refractivity contribution in [3.05, 3.63) is 77.8 Å². The zero-order chi connectivity index (χ0) is 16.8. The van der Waals surface area contributed by atoms with Crippen LogP contribution >= 0.6 is 0 Å². The number of hydrogen-bond donors (Lipinski definition) is 1. The van der Waals surface area contributed by atoms with Crippen molar-refractivity contribution in [2.45, 2.75) is 25.8 Å². The summed E-state index contributed by atoms with van der Waals surface area (Å²) in [6.45, 7) is 2.20. The Morgan fingerprint density at radius 2 is 1.88 bits per heavy atom. The smallest absolute Gasteiger partial charge is 0.224 e. The molecule has 0 bridgehead atoms. The molecular weight excluding hydrogens is 304 g/mol. The van der Waals surface area contributed by atoms with E-state index < -0.39 is 0 Å². The van der Waals surface area contributed by atoms with Gasteiger partial charge < -0.3 is 9.73 Å². The van der Waals surface area contributed by atoms with Gasteiger partial charge in [-0.15, -0.1) is 10.2 Å². The predicted molar refractivity (Wildman–Crippen MR) is 88.0 cm³/mol. The molecule has 0 fully saturated rings. The largest absolute Gasteiger partial charge is 0.425 e. The summed E-state index contributed by atoms with van der Waals surface area (Å²) in [5.41, 5.74) is 1.98. The second-order valence-corrected chi connectivity index (χ2v) is 5.46. The van der Waals surface area contributed by atoms with E-state index in [1.54, 1.807) is 19.3 Å². The molecule has 0 saturated carbocycles. The van der Waals surface area contributed by atoms with Gasteiger partial charge in [-0.05, 0) is 23.3 Å². The van der Waals surface area contributed by atoms with Crippen LogP contribution < -0.4 is 5.32 Å². The summed E-state index contributed by atoms with van der Waals surface area (Å²) in [5.74, 6) is 0.613. The highest BCUT2D eigenvalue weighted by atomic mass is 16.4. The number of hydrogen-bond acceptors (Lipinski definition) is 5. The predicted octanol–water partition coefficient (Wildman–Crippen LogP) is 2.61. The zero-order valence-corrected chi connectivity index (χ0v) is 13.3. The fourth-order valence-corrected chi connectivity index (χ4v) is 2.44. The summed E-state index contributed by atoms with van der Waals surface area (Å²) in [6, 6.07) is 13.5. The Kier molecular flexibility index (Phi) is 4.96. The van der Waals surface area contributed by atoms with Crippen molar-refractivity contribution in [3.63, 3.8) is 0 Å². The minimum Gasteiger partial charge on any atom is -0.425 e. The van der Waals surface area contributed by atoms with Gasteiger partial charge in [-0.2, -0.15) is 0 Å². The number of pyridine rings is 1. The van der Waals surface area contributed by atoms with Crippen molar-refractivity contribution in [3.8, 4) is 0 Å². The van der Waals surface area contributed by atoms with Gasteiger partial charge in [-0.3, -0.25) is 9.78 Å². The molecule has 6 nitrogen and oxygen atoms in total. The topological polar surface area (TPSA) is 80.9 Å². The molecule has 0 spiro atoms. The quantitative estimate of drug-likeness (QED) is 0.754. The molecule has 2 aromatic heterocycles. The third-order valence-corrected chi connectivity index (χ3v) is 3.67. The summed E-state index contributed by atoms with van der Waals surface area (Å²) >= 11 is 0. The van der Waals surface area contributed by atoms with Crippen LogP contribution in [0.2, 0.25) is 0 Å². The normalized spacial score (nSPS) is 11.9. The summed E-state index contributed by atoms with van der Waals surface area (Å²) in [5, 5.41) is 10.9. The molecule has 122 valence electrons. The first-order chi connectivity index (χ1) is 11.7. The summed E-state index contributed by atoms with van der Waals surface area (Å²) in [4.78, 5) is 16.3. The lowest BCUT2D eigenvalue weighted by molar-refractivity contribution is -0.121. The van der Waals surface area contributed by atoms with Gasteiger partial charge in [0.2, 0.25) is 17.7 Å².